The van der Waals surface area contributed by atoms with Crippen LogP contribution in [0.3, 0.4) is 0 Å². The zero-order chi connectivity index (χ0) is 9.97. The van der Waals surface area contributed by atoms with Crippen LogP contribution in [-0.4, -0.2) is 16.1 Å². The third kappa shape index (κ3) is 2.00. The number of carboxylic acid groups (broad SMARTS) is 1. The maximum atomic E-state index is 10.4. The Morgan fingerprint density at radius 3 is 3.07 bits per heavy atom. The summed E-state index contributed by atoms with van der Waals surface area (Å²) in [5.74, 6) is -0.814. The number of thiophene rings is 1. The first-order chi connectivity index (χ1) is 6.75. The molecular formula is C9H7NO2S2. The van der Waals surface area contributed by atoms with Crippen LogP contribution in [0, 0.1) is 0 Å². The van der Waals surface area contributed by atoms with Gasteiger partial charge in [0.15, 0.2) is 0 Å². The van der Waals surface area contributed by atoms with Gasteiger partial charge in [-0.25, -0.2) is 4.98 Å². The van der Waals surface area contributed by atoms with Crippen molar-refractivity contribution in [3.8, 4) is 10.6 Å². The van der Waals surface area contributed by atoms with Crippen molar-refractivity contribution >= 4 is 28.6 Å². The van der Waals surface area contributed by atoms with Crippen LogP contribution in [0.15, 0.2) is 23.0 Å². The number of thiazole rings is 1. The second-order valence-electron chi connectivity index (χ2n) is 2.71. The number of aliphatic carboxylic acids is 1. The molecule has 0 atom stereocenters. The van der Waals surface area contributed by atoms with E-state index in [-0.39, 0.29) is 6.42 Å². The maximum Gasteiger partial charge on any atom is 0.308 e. The molecule has 72 valence electrons. The van der Waals surface area contributed by atoms with Crippen LogP contribution in [0.4, 0.5) is 0 Å². The van der Waals surface area contributed by atoms with Crippen molar-refractivity contribution in [3.63, 3.8) is 0 Å². The van der Waals surface area contributed by atoms with E-state index in [2.05, 4.69) is 4.98 Å². The van der Waals surface area contributed by atoms with E-state index in [1.807, 2.05) is 16.8 Å². The molecule has 2 rings (SSSR count). The van der Waals surface area contributed by atoms with Gasteiger partial charge in [0.2, 0.25) is 0 Å². The molecule has 14 heavy (non-hydrogen) atoms. The minimum Gasteiger partial charge on any atom is -0.481 e. The quantitative estimate of drug-likeness (QED) is 0.873. The Bertz CT molecular complexity index is 433. The lowest BCUT2D eigenvalue weighted by Gasteiger charge is -1.87. The fourth-order valence-corrected chi connectivity index (χ4v) is 2.67. The lowest BCUT2D eigenvalue weighted by molar-refractivity contribution is -0.136. The van der Waals surface area contributed by atoms with Crippen molar-refractivity contribution in [2.75, 3.05) is 0 Å². The van der Waals surface area contributed by atoms with Crippen molar-refractivity contribution in [2.45, 2.75) is 6.42 Å². The molecule has 5 heteroatoms. The summed E-state index contributed by atoms with van der Waals surface area (Å²) < 4.78 is 0. The van der Waals surface area contributed by atoms with Crippen molar-refractivity contribution in [2.24, 2.45) is 0 Å². The lowest BCUT2D eigenvalue weighted by Crippen LogP contribution is -1.97. The van der Waals surface area contributed by atoms with Crippen LogP contribution >= 0.6 is 22.7 Å². The van der Waals surface area contributed by atoms with Crippen molar-refractivity contribution in [1.82, 2.24) is 4.98 Å². The van der Waals surface area contributed by atoms with E-state index in [1.165, 1.54) is 11.3 Å². The third-order valence-electron chi connectivity index (χ3n) is 1.65. The average Bonchev–Trinajstić information content (AvgIpc) is 2.69. The van der Waals surface area contributed by atoms with Crippen molar-refractivity contribution in [3.05, 3.63) is 27.9 Å². The molecule has 3 nitrogen and oxygen atoms in total. The van der Waals surface area contributed by atoms with Crippen LogP contribution in [0.2, 0.25) is 0 Å². The molecule has 0 saturated heterocycles. The molecule has 0 unspecified atom stereocenters. The van der Waals surface area contributed by atoms with Gasteiger partial charge in [-0.2, -0.15) is 11.3 Å². The highest BCUT2D eigenvalue weighted by Crippen LogP contribution is 2.26. The summed E-state index contributed by atoms with van der Waals surface area (Å²) in [5.41, 5.74) is 1.07. The highest BCUT2D eigenvalue weighted by Gasteiger charge is 2.07. The molecular weight excluding hydrogens is 218 g/mol. The molecule has 2 aromatic rings. The number of carbonyl (C=O) groups is 1. The fourth-order valence-electron chi connectivity index (χ4n) is 1.06. The van der Waals surface area contributed by atoms with Gasteiger partial charge in [0.25, 0.3) is 0 Å². The molecule has 2 aromatic heterocycles. The highest BCUT2D eigenvalue weighted by atomic mass is 32.1. The van der Waals surface area contributed by atoms with Crippen molar-refractivity contribution < 1.29 is 9.90 Å². The molecule has 0 fully saturated rings. The zero-order valence-corrected chi connectivity index (χ0v) is 8.77. The molecule has 0 radical (unpaired) electrons. The van der Waals surface area contributed by atoms with Crippen LogP contribution in [0.5, 0.6) is 0 Å². The number of rotatable bonds is 3. The zero-order valence-electron chi connectivity index (χ0n) is 7.14. The molecule has 0 spiro atoms. The first-order valence-corrected chi connectivity index (χ1v) is 5.70. The second kappa shape index (κ2) is 3.89. The van der Waals surface area contributed by atoms with Gasteiger partial charge in [-0.1, -0.05) is 0 Å². The molecule has 0 aliphatic rings. The van der Waals surface area contributed by atoms with Gasteiger partial charge >= 0.3 is 5.97 Å². The first-order valence-electron chi connectivity index (χ1n) is 3.95. The van der Waals surface area contributed by atoms with E-state index in [0.29, 0.717) is 0 Å². The van der Waals surface area contributed by atoms with Crippen LogP contribution in [0.1, 0.15) is 4.88 Å². The number of carboxylic acids is 1. The summed E-state index contributed by atoms with van der Waals surface area (Å²) in [6.45, 7) is 0. The average molecular weight is 225 g/mol. The Morgan fingerprint density at radius 1 is 1.57 bits per heavy atom. The predicted octanol–water partition coefficient (Wildman–Crippen LogP) is 2.50. The van der Waals surface area contributed by atoms with Gasteiger partial charge < -0.3 is 5.11 Å². The monoisotopic (exact) mass is 225 g/mol. The Balaban J connectivity index is 2.22. The Hall–Kier alpha value is -1.20. The van der Waals surface area contributed by atoms with E-state index in [1.54, 1.807) is 17.5 Å². The summed E-state index contributed by atoms with van der Waals surface area (Å²) in [6, 6.07) is 1.98. The van der Waals surface area contributed by atoms with E-state index >= 15 is 0 Å². The van der Waals surface area contributed by atoms with Gasteiger partial charge in [0.1, 0.15) is 5.01 Å². The number of hydrogen-bond donors (Lipinski definition) is 1. The molecule has 0 saturated carbocycles. The molecule has 0 aliphatic heterocycles. The fraction of sp³-hybridized carbons (Fsp3) is 0.111. The standard InChI is InChI=1S/C9H7NO2S2/c11-8(12)3-7-4-10-9(14-7)6-1-2-13-5-6/h1-2,4-5H,3H2,(H,11,12). The van der Waals surface area contributed by atoms with E-state index in [0.717, 1.165) is 15.4 Å². The van der Waals surface area contributed by atoms with Gasteiger partial charge in [-0.3, -0.25) is 4.79 Å². The Labute approximate surface area is 88.7 Å². The van der Waals surface area contributed by atoms with Gasteiger partial charge in [0, 0.05) is 22.0 Å². The SMILES string of the molecule is O=C(O)Cc1cnc(-c2ccsc2)s1. The normalized spacial score (nSPS) is 10.3. The van der Waals surface area contributed by atoms with Crippen LogP contribution in [-0.2, 0) is 11.2 Å². The topological polar surface area (TPSA) is 50.2 Å². The van der Waals surface area contributed by atoms with Crippen LogP contribution < -0.4 is 0 Å². The summed E-state index contributed by atoms with van der Waals surface area (Å²) in [4.78, 5) is 15.4. The molecule has 2 heterocycles. The third-order valence-corrected chi connectivity index (χ3v) is 3.38. The maximum absolute atomic E-state index is 10.4. The number of aromatic nitrogens is 1. The summed E-state index contributed by atoms with van der Waals surface area (Å²) in [6.07, 6.45) is 1.69. The summed E-state index contributed by atoms with van der Waals surface area (Å²) >= 11 is 3.04. The van der Waals surface area contributed by atoms with E-state index in [4.69, 9.17) is 5.11 Å². The Kier molecular flexibility index (Phi) is 2.60. The van der Waals surface area contributed by atoms with Crippen molar-refractivity contribution in [1.29, 1.82) is 0 Å². The largest absolute Gasteiger partial charge is 0.481 e. The predicted molar refractivity (Wildman–Crippen MR) is 56.8 cm³/mol. The van der Waals surface area contributed by atoms with E-state index in [9.17, 15) is 4.79 Å². The van der Waals surface area contributed by atoms with Gasteiger partial charge in [0.05, 0.1) is 6.42 Å². The second-order valence-corrected chi connectivity index (χ2v) is 4.61. The lowest BCUT2D eigenvalue weighted by atomic mass is 10.4. The Morgan fingerprint density at radius 2 is 2.43 bits per heavy atom. The van der Waals surface area contributed by atoms with E-state index < -0.39 is 5.97 Å². The smallest absolute Gasteiger partial charge is 0.308 e. The molecule has 0 amide bonds. The minimum absolute atomic E-state index is 0.0573. The number of nitrogens with zero attached hydrogens (tertiary/aromatic N) is 1. The van der Waals surface area contributed by atoms with Crippen LogP contribution in [0.25, 0.3) is 10.6 Å². The van der Waals surface area contributed by atoms with Gasteiger partial charge in [-0.15, -0.1) is 11.3 Å². The number of hydrogen-bond acceptors (Lipinski definition) is 4. The summed E-state index contributed by atoms with van der Waals surface area (Å²) in [5, 5.41) is 13.5. The molecule has 0 aromatic carbocycles. The molecule has 1 N–H and O–H groups in total. The minimum atomic E-state index is -0.814. The first kappa shape index (κ1) is 9.36. The highest BCUT2D eigenvalue weighted by molar-refractivity contribution is 7.15. The van der Waals surface area contributed by atoms with Gasteiger partial charge in [-0.05, 0) is 11.4 Å². The molecule has 0 aliphatic carbocycles. The summed E-state index contributed by atoms with van der Waals surface area (Å²) in [7, 11) is 0. The molecule has 0 bridgehead atoms.